The molecule has 4 aromatic rings. The summed E-state index contributed by atoms with van der Waals surface area (Å²) >= 11 is 12.4. The number of carboxylic acid groups (broad SMARTS) is 6. The third kappa shape index (κ3) is 16.7. The van der Waals surface area contributed by atoms with Gasteiger partial charge in [0, 0.05) is 36.6 Å². The fourth-order valence-corrected chi connectivity index (χ4v) is 7.47. The van der Waals surface area contributed by atoms with Crippen LogP contribution in [-0.4, -0.2) is 113 Å². The van der Waals surface area contributed by atoms with E-state index in [1.54, 1.807) is 41.4 Å². The van der Waals surface area contributed by atoms with Gasteiger partial charge >= 0.3 is 17.9 Å². The molecule has 21 nitrogen and oxygen atoms in total. The Labute approximate surface area is 386 Å². The van der Waals surface area contributed by atoms with Gasteiger partial charge in [-0.1, -0.05) is 40.3 Å². The number of piperazine rings is 1. The molecule has 1 aliphatic carbocycles. The molecule has 2 fully saturated rings. The van der Waals surface area contributed by atoms with E-state index in [4.69, 9.17) is 49.0 Å². The van der Waals surface area contributed by atoms with E-state index < -0.39 is 35.8 Å². The van der Waals surface area contributed by atoms with Gasteiger partial charge < -0.3 is 70.6 Å². The van der Waals surface area contributed by atoms with Crippen LogP contribution in [-0.2, 0) is 28.8 Å². The molecule has 0 unspecified atom stereocenters. The van der Waals surface area contributed by atoms with Crippen LogP contribution in [0.3, 0.4) is 0 Å². The molecule has 23 heteroatoms. The molecule has 2 aliphatic rings. The molecule has 0 spiro atoms. The molecule has 9 N–H and O–H groups in total. The number of nitrogens with zero attached hydrogens (tertiary/aromatic N) is 2. The molecule has 2 aromatic carbocycles. The monoisotopic (exact) mass is 955 g/mol. The van der Waals surface area contributed by atoms with Crippen molar-refractivity contribution in [3.8, 4) is 16.9 Å². The van der Waals surface area contributed by atoms with Crippen molar-refractivity contribution in [1.82, 2.24) is 9.55 Å². The maximum absolute atomic E-state index is 13.0. The number of methoxy groups -OCH3 is 1. The SMILES string of the molecule is COc1cc(-c2cn(C3CCC([NH+]4CC[NH+](C)CC4)CC3)c3[nH+]cnc(N)c23)ccc1NC(=O)c1cccc(Cl)c1Cl.O=C([O-])/C=C\C(=O)O.O=C([O-])/C=C\C(=O)O.O=C([O-])/C=C\C(=O)O. The molecule has 1 aliphatic heterocycles. The highest BCUT2D eigenvalue weighted by atomic mass is 35.5. The number of benzene rings is 2. The first-order valence-electron chi connectivity index (χ1n) is 19.8. The molecule has 1 saturated carbocycles. The molecule has 1 saturated heterocycles. The van der Waals surface area contributed by atoms with Gasteiger partial charge in [-0.05, 0) is 60.9 Å². The summed E-state index contributed by atoms with van der Waals surface area (Å²) in [7, 11) is 3.88. The number of likely N-dealkylation sites (N-methyl/N-ethyl adjacent to an activating group) is 1. The highest BCUT2D eigenvalue weighted by Gasteiger charge is 2.35. The molecular formula is C43H47Cl2N7O14. The van der Waals surface area contributed by atoms with Gasteiger partial charge in [0.15, 0.2) is 0 Å². The van der Waals surface area contributed by atoms with Crippen LogP contribution in [0.1, 0.15) is 42.1 Å². The zero-order valence-corrected chi connectivity index (χ0v) is 37.0. The fraction of sp³-hybridized carbons (Fsp3) is 0.279. The predicted molar refractivity (Wildman–Crippen MR) is 231 cm³/mol. The summed E-state index contributed by atoms with van der Waals surface area (Å²) in [6, 6.07) is 11.8. The number of hydrogen-bond acceptors (Lipinski definition) is 13. The Morgan fingerprint density at radius 2 is 1.38 bits per heavy atom. The predicted octanol–water partition coefficient (Wildman–Crippen LogP) is -2.30. The lowest BCUT2D eigenvalue weighted by Gasteiger charge is -2.36. The number of halogens is 2. The van der Waals surface area contributed by atoms with Crippen molar-refractivity contribution in [3.05, 3.63) is 101 Å². The number of anilines is 2. The standard InChI is InChI=1S/C31H35Cl2N7O2.3C4H4O4/c1-38-12-14-39(15-13-38)20-7-9-21(10-8-20)40-17-23(27-29(34)35-18-36-30(27)40)19-6-11-25(26(16-19)42-2)37-31(41)22-4-3-5-24(32)28(22)33;3*5-3(6)1-2-4(7)8/h3-6,11,16-18,20-21H,7-10,12-15H2,1-2H3,(H,37,41)(H2,34,35,36);3*1-2H,(H,5,6)(H,7,8)/b;3*2-1-. The van der Waals surface area contributed by atoms with E-state index in [0.29, 0.717) is 64.8 Å². The van der Waals surface area contributed by atoms with Crippen LogP contribution in [0.4, 0.5) is 11.5 Å². The molecule has 1 amide bonds. The molecule has 352 valence electrons. The maximum Gasteiger partial charge on any atom is 0.328 e. The van der Waals surface area contributed by atoms with Crippen LogP contribution in [0, 0.1) is 0 Å². The average Bonchev–Trinajstić information content (AvgIpc) is 3.67. The number of ether oxygens (including phenoxy) is 1. The zero-order valence-electron chi connectivity index (χ0n) is 35.5. The van der Waals surface area contributed by atoms with Crippen LogP contribution in [0.15, 0.2) is 85.4 Å². The number of rotatable bonds is 12. The van der Waals surface area contributed by atoms with E-state index >= 15 is 0 Å². The Morgan fingerprint density at radius 3 is 1.86 bits per heavy atom. The van der Waals surface area contributed by atoms with Gasteiger partial charge in [0.25, 0.3) is 5.91 Å². The van der Waals surface area contributed by atoms with Crippen molar-refractivity contribution in [2.24, 2.45) is 0 Å². The number of H-pyrrole nitrogens is 1. The number of quaternary nitrogens is 2. The minimum atomic E-state index is -1.51. The number of nitrogens with two attached hydrogens (primary N) is 1. The first-order chi connectivity index (χ1) is 31.2. The zero-order chi connectivity index (χ0) is 49.1. The lowest BCUT2D eigenvalue weighted by Crippen LogP contribution is -3.28. The second kappa shape index (κ2) is 25.8. The average molecular weight is 957 g/mol. The van der Waals surface area contributed by atoms with Gasteiger partial charge in [0.1, 0.15) is 37.3 Å². The molecule has 0 bridgehead atoms. The lowest BCUT2D eigenvalue weighted by molar-refractivity contribution is -1.02. The van der Waals surface area contributed by atoms with Gasteiger partial charge in [-0.25, -0.2) is 19.4 Å². The van der Waals surface area contributed by atoms with Gasteiger partial charge in [-0.2, -0.15) is 0 Å². The number of aromatic amines is 1. The van der Waals surface area contributed by atoms with Crippen molar-refractivity contribution < 1.29 is 83.7 Å². The molecule has 3 heterocycles. The van der Waals surface area contributed by atoms with Crippen LogP contribution in [0.5, 0.6) is 5.75 Å². The summed E-state index contributed by atoms with van der Waals surface area (Å²) in [5, 5.41) is 56.0. The Hall–Kier alpha value is -7.33. The first kappa shape index (κ1) is 53.0. The van der Waals surface area contributed by atoms with E-state index in [1.807, 2.05) is 18.2 Å². The Kier molecular flexibility index (Phi) is 20.8. The summed E-state index contributed by atoms with van der Waals surface area (Å²) in [4.78, 5) is 81.1. The second-order valence-electron chi connectivity index (χ2n) is 14.5. The number of aliphatic carboxylic acids is 6. The van der Waals surface area contributed by atoms with E-state index in [1.165, 1.54) is 39.0 Å². The summed E-state index contributed by atoms with van der Waals surface area (Å²) in [6.07, 6.45) is 11.4. The third-order valence-electron chi connectivity index (χ3n) is 10.1. The highest BCUT2D eigenvalue weighted by Crippen LogP contribution is 2.39. The van der Waals surface area contributed by atoms with E-state index in [2.05, 4.69) is 33.1 Å². The number of carbonyl (C=O) groups is 7. The van der Waals surface area contributed by atoms with Gasteiger partial charge in [-0.3, -0.25) is 9.36 Å². The Balaban J connectivity index is 0.000000394. The van der Waals surface area contributed by atoms with Crippen LogP contribution < -0.4 is 45.9 Å². The second-order valence-corrected chi connectivity index (χ2v) is 15.3. The number of carbonyl (C=O) groups excluding carboxylic acids is 4. The highest BCUT2D eigenvalue weighted by molar-refractivity contribution is 6.44. The quantitative estimate of drug-likeness (QED) is 0.0734. The summed E-state index contributed by atoms with van der Waals surface area (Å²) in [6.45, 7) is 5.08. The van der Waals surface area contributed by atoms with E-state index in [0.717, 1.165) is 41.0 Å². The smallest absolute Gasteiger partial charge is 0.328 e. The van der Waals surface area contributed by atoms with E-state index in [9.17, 15) is 48.9 Å². The van der Waals surface area contributed by atoms with E-state index in [-0.39, 0.29) is 16.5 Å². The summed E-state index contributed by atoms with van der Waals surface area (Å²) in [5.41, 5.74) is 10.1. The fourth-order valence-electron chi connectivity index (χ4n) is 7.08. The summed E-state index contributed by atoms with van der Waals surface area (Å²) in [5.74, 6) is -7.79. The Bertz CT molecular complexity index is 2360. The Morgan fingerprint density at radius 1 is 0.833 bits per heavy atom. The number of nitrogens with one attached hydrogen (secondary N) is 4. The molecule has 0 radical (unpaired) electrons. The number of carboxylic acids is 6. The van der Waals surface area contributed by atoms with Crippen LogP contribution in [0.25, 0.3) is 22.2 Å². The summed E-state index contributed by atoms with van der Waals surface area (Å²) < 4.78 is 8.05. The normalized spacial score (nSPS) is 17.9. The van der Waals surface area contributed by atoms with Crippen molar-refractivity contribution in [1.29, 1.82) is 0 Å². The van der Waals surface area contributed by atoms with Crippen molar-refractivity contribution in [2.45, 2.75) is 37.8 Å². The van der Waals surface area contributed by atoms with Gasteiger partial charge in [0.05, 0.1) is 71.6 Å². The van der Waals surface area contributed by atoms with Crippen molar-refractivity contribution >= 4 is 87.5 Å². The number of nitrogen functional groups attached to an aromatic ring is 1. The third-order valence-corrected chi connectivity index (χ3v) is 11.0. The maximum atomic E-state index is 13.0. The molecule has 66 heavy (non-hydrogen) atoms. The van der Waals surface area contributed by atoms with Gasteiger partial charge in [-0.15, -0.1) is 0 Å². The first-order valence-corrected chi connectivity index (χ1v) is 20.6. The van der Waals surface area contributed by atoms with Crippen molar-refractivity contribution in [2.75, 3.05) is 51.4 Å². The minimum Gasteiger partial charge on any atom is -0.545 e. The molecule has 2 aromatic heterocycles. The number of hydrogen-bond donors (Lipinski definition) is 7. The van der Waals surface area contributed by atoms with Crippen molar-refractivity contribution in [3.63, 3.8) is 0 Å². The molecular weight excluding hydrogens is 909 g/mol. The number of fused-ring (bicyclic) bond motifs is 1. The number of aromatic nitrogens is 3. The van der Waals surface area contributed by atoms with Crippen LogP contribution in [0.2, 0.25) is 10.0 Å². The number of amides is 1. The van der Waals surface area contributed by atoms with Crippen LogP contribution >= 0.6 is 23.2 Å². The molecule has 6 rings (SSSR count). The molecule has 0 atom stereocenters. The largest absolute Gasteiger partial charge is 0.545 e. The van der Waals surface area contributed by atoms with Gasteiger partial charge in [0.2, 0.25) is 17.8 Å². The topological polar surface area (TPSA) is 337 Å². The lowest BCUT2D eigenvalue weighted by atomic mass is 9.89. The minimum absolute atomic E-state index is 0.208.